The first-order valence-electron chi connectivity index (χ1n) is 6.87. The van der Waals surface area contributed by atoms with Gasteiger partial charge in [0.2, 0.25) is 0 Å². The largest absolute Gasteiger partial charge is 0.491 e. The lowest BCUT2D eigenvalue weighted by atomic mass is 10.1. The van der Waals surface area contributed by atoms with Crippen LogP contribution in [-0.4, -0.2) is 39.9 Å². The van der Waals surface area contributed by atoms with Crippen molar-refractivity contribution in [2.24, 2.45) is 4.99 Å². The normalized spacial score (nSPS) is 11.3. The Morgan fingerprint density at radius 2 is 2.05 bits per heavy atom. The average Bonchev–Trinajstić information content (AvgIpc) is 2.45. The van der Waals surface area contributed by atoms with E-state index in [1.807, 2.05) is 13.0 Å². The highest BCUT2D eigenvalue weighted by Crippen LogP contribution is 2.20. The molecule has 0 aliphatic rings. The number of guanidine groups is 1. The van der Waals surface area contributed by atoms with Gasteiger partial charge in [-0.1, -0.05) is 12.1 Å². The van der Waals surface area contributed by atoms with Crippen LogP contribution in [-0.2, 0) is 11.3 Å². The number of hydrogen-bond acceptors (Lipinski definition) is 3. The van der Waals surface area contributed by atoms with Gasteiger partial charge < -0.3 is 20.1 Å². The Labute approximate surface area is 121 Å². The number of nitrogens with one attached hydrogen (secondary N) is 2. The van der Waals surface area contributed by atoms with Gasteiger partial charge in [-0.2, -0.15) is 0 Å². The second-order valence-electron chi connectivity index (χ2n) is 4.41. The summed E-state index contributed by atoms with van der Waals surface area (Å²) in [6.45, 7) is 6.73. The van der Waals surface area contributed by atoms with E-state index in [-0.39, 0.29) is 0 Å². The van der Waals surface area contributed by atoms with E-state index >= 15 is 0 Å². The first kappa shape index (κ1) is 16.3. The summed E-state index contributed by atoms with van der Waals surface area (Å²) in [5.74, 6) is 1.68. The molecular formula is C15H25N3O2. The standard InChI is InChI=1S/C15H25N3O2/c1-5-17-15(16-3)18-11-13-7-6-12(2)10-14(13)20-9-8-19-4/h6-7,10H,5,8-9,11H2,1-4H3,(H2,16,17,18). The molecule has 0 aromatic heterocycles. The van der Waals surface area contributed by atoms with Crippen molar-refractivity contribution < 1.29 is 9.47 Å². The minimum Gasteiger partial charge on any atom is -0.491 e. The first-order valence-corrected chi connectivity index (χ1v) is 6.87. The molecular weight excluding hydrogens is 254 g/mol. The lowest BCUT2D eigenvalue weighted by molar-refractivity contribution is 0.145. The minimum absolute atomic E-state index is 0.550. The van der Waals surface area contributed by atoms with Gasteiger partial charge >= 0.3 is 0 Å². The van der Waals surface area contributed by atoms with Crippen LogP contribution in [0.3, 0.4) is 0 Å². The zero-order valence-corrected chi connectivity index (χ0v) is 12.8. The van der Waals surface area contributed by atoms with Crippen LogP contribution < -0.4 is 15.4 Å². The van der Waals surface area contributed by atoms with Crippen LogP contribution in [0.1, 0.15) is 18.1 Å². The molecule has 1 aromatic rings. The fourth-order valence-corrected chi connectivity index (χ4v) is 1.74. The van der Waals surface area contributed by atoms with Crippen LogP contribution in [0.2, 0.25) is 0 Å². The Morgan fingerprint density at radius 1 is 1.25 bits per heavy atom. The van der Waals surface area contributed by atoms with Crippen molar-refractivity contribution in [2.45, 2.75) is 20.4 Å². The fourth-order valence-electron chi connectivity index (χ4n) is 1.74. The average molecular weight is 279 g/mol. The molecule has 5 nitrogen and oxygen atoms in total. The predicted molar refractivity (Wildman–Crippen MR) is 82.4 cm³/mol. The van der Waals surface area contributed by atoms with Gasteiger partial charge in [0.1, 0.15) is 12.4 Å². The molecule has 0 saturated heterocycles. The molecule has 0 saturated carbocycles. The van der Waals surface area contributed by atoms with E-state index in [0.717, 1.165) is 23.8 Å². The lowest BCUT2D eigenvalue weighted by Gasteiger charge is -2.14. The maximum absolute atomic E-state index is 5.76. The quantitative estimate of drug-likeness (QED) is 0.453. The van der Waals surface area contributed by atoms with E-state index in [4.69, 9.17) is 9.47 Å². The van der Waals surface area contributed by atoms with Crippen LogP contribution in [0.25, 0.3) is 0 Å². The van der Waals surface area contributed by atoms with Crippen molar-refractivity contribution in [3.05, 3.63) is 29.3 Å². The molecule has 112 valence electrons. The smallest absolute Gasteiger partial charge is 0.191 e. The van der Waals surface area contributed by atoms with Crippen LogP contribution >= 0.6 is 0 Å². The Hall–Kier alpha value is -1.75. The second kappa shape index (κ2) is 9.20. The number of methoxy groups -OCH3 is 1. The summed E-state index contributed by atoms with van der Waals surface area (Å²) < 4.78 is 10.8. The lowest BCUT2D eigenvalue weighted by Crippen LogP contribution is -2.36. The first-order chi connectivity index (χ1) is 9.71. The number of nitrogens with zero attached hydrogens (tertiary/aromatic N) is 1. The summed E-state index contributed by atoms with van der Waals surface area (Å²) in [6, 6.07) is 6.20. The van der Waals surface area contributed by atoms with Gasteiger partial charge in [-0.15, -0.1) is 0 Å². The number of aryl methyl sites for hydroxylation is 1. The van der Waals surface area contributed by atoms with E-state index in [1.165, 1.54) is 5.56 Å². The highest BCUT2D eigenvalue weighted by atomic mass is 16.5. The van der Waals surface area contributed by atoms with Gasteiger partial charge in [-0.3, -0.25) is 4.99 Å². The molecule has 0 aliphatic carbocycles. The molecule has 1 rings (SSSR count). The highest BCUT2D eigenvalue weighted by molar-refractivity contribution is 5.79. The molecule has 0 spiro atoms. The molecule has 0 heterocycles. The molecule has 0 aliphatic heterocycles. The summed E-state index contributed by atoms with van der Waals surface area (Å²) in [5.41, 5.74) is 2.28. The van der Waals surface area contributed by atoms with E-state index in [9.17, 15) is 0 Å². The third-order valence-corrected chi connectivity index (χ3v) is 2.78. The van der Waals surface area contributed by atoms with Gasteiger partial charge in [0.25, 0.3) is 0 Å². The zero-order chi connectivity index (χ0) is 14.8. The maximum Gasteiger partial charge on any atom is 0.191 e. The van der Waals surface area contributed by atoms with Crippen LogP contribution in [0, 0.1) is 6.92 Å². The Morgan fingerprint density at radius 3 is 2.70 bits per heavy atom. The topological polar surface area (TPSA) is 54.9 Å². The SMILES string of the molecule is CCNC(=NC)NCc1ccc(C)cc1OCCOC. The van der Waals surface area contributed by atoms with Crippen LogP contribution in [0.5, 0.6) is 5.75 Å². The van der Waals surface area contributed by atoms with E-state index < -0.39 is 0 Å². The Kier molecular flexibility index (Phi) is 7.50. The van der Waals surface area contributed by atoms with Gasteiger partial charge in [0, 0.05) is 32.8 Å². The van der Waals surface area contributed by atoms with E-state index in [1.54, 1.807) is 14.2 Å². The molecule has 20 heavy (non-hydrogen) atoms. The van der Waals surface area contributed by atoms with Gasteiger partial charge in [-0.25, -0.2) is 0 Å². The zero-order valence-electron chi connectivity index (χ0n) is 12.8. The van der Waals surface area contributed by atoms with Crippen molar-refractivity contribution in [3.63, 3.8) is 0 Å². The maximum atomic E-state index is 5.76. The molecule has 0 bridgehead atoms. The van der Waals surface area contributed by atoms with Crippen molar-refractivity contribution in [1.82, 2.24) is 10.6 Å². The van der Waals surface area contributed by atoms with Gasteiger partial charge in [0.05, 0.1) is 6.61 Å². The van der Waals surface area contributed by atoms with Crippen LogP contribution in [0.15, 0.2) is 23.2 Å². The summed E-state index contributed by atoms with van der Waals surface area (Å²) >= 11 is 0. The van der Waals surface area contributed by atoms with Crippen molar-refractivity contribution in [1.29, 1.82) is 0 Å². The van der Waals surface area contributed by atoms with Crippen molar-refractivity contribution in [3.8, 4) is 5.75 Å². The van der Waals surface area contributed by atoms with Crippen molar-refractivity contribution >= 4 is 5.96 Å². The summed E-state index contributed by atoms with van der Waals surface area (Å²) in [7, 11) is 3.43. The molecule has 0 radical (unpaired) electrons. The molecule has 0 fully saturated rings. The third-order valence-electron chi connectivity index (χ3n) is 2.78. The molecule has 0 atom stereocenters. The summed E-state index contributed by atoms with van der Waals surface area (Å²) in [4.78, 5) is 4.15. The number of rotatable bonds is 7. The second-order valence-corrected chi connectivity index (χ2v) is 4.41. The third kappa shape index (κ3) is 5.48. The molecule has 0 amide bonds. The van der Waals surface area contributed by atoms with Gasteiger partial charge in [0.15, 0.2) is 5.96 Å². The summed E-state index contributed by atoms with van der Waals surface area (Å²) in [6.07, 6.45) is 0. The minimum atomic E-state index is 0.550. The van der Waals surface area contributed by atoms with Gasteiger partial charge in [-0.05, 0) is 25.5 Å². The van der Waals surface area contributed by atoms with Crippen molar-refractivity contribution in [2.75, 3.05) is 33.9 Å². The number of hydrogen-bond donors (Lipinski definition) is 2. The number of aliphatic imine (C=N–C) groups is 1. The Balaban J connectivity index is 2.67. The van der Waals surface area contributed by atoms with E-state index in [0.29, 0.717) is 19.8 Å². The highest BCUT2D eigenvalue weighted by Gasteiger charge is 2.05. The van der Waals surface area contributed by atoms with E-state index in [2.05, 4.69) is 34.7 Å². The molecule has 2 N–H and O–H groups in total. The Bertz CT molecular complexity index is 433. The summed E-state index contributed by atoms with van der Waals surface area (Å²) in [5, 5.41) is 6.43. The molecule has 1 aromatic carbocycles. The number of ether oxygens (including phenoxy) is 2. The van der Waals surface area contributed by atoms with Crippen LogP contribution in [0.4, 0.5) is 0 Å². The molecule has 5 heteroatoms. The number of benzene rings is 1. The molecule has 0 unspecified atom stereocenters. The fraction of sp³-hybridized carbons (Fsp3) is 0.533. The predicted octanol–water partition coefficient (Wildman–Crippen LogP) is 1.71. The monoisotopic (exact) mass is 279 g/mol.